The molecule has 115 heavy (non-hydrogen) atoms. The maximum Gasteiger partial charge on any atom is 0.312 e. The predicted octanol–water partition coefficient (Wildman–Crippen LogP) is 0.918. The van der Waals surface area contributed by atoms with E-state index in [2.05, 4.69) is 37.2 Å². The van der Waals surface area contributed by atoms with Gasteiger partial charge in [-0.05, 0) is 138 Å². The first-order valence-corrected chi connectivity index (χ1v) is 40.0. The lowest BCUT2D eigenvalue weighted by molar-refractivity contribution is -0.234. The molecule has 19 atom stereocenters. The number of ketones is 2. The van der Waals surface area contributed by atoms with E-state index in [1.165, 1.54) is 55.5 Å². The van der Waals surface area contributed by atoms with Crippen molar-refractivity contribution < 1.29 is 125 Å². The highest BCUT2D eigenvalue weighted by molar-refractivity contribution is 6.13. The Hall–Kier alpha value is -7.98. The smallest absolute Gasteiger partial charge is 0.312 e. The highest BCUT2D eigenvalue weighted by atomic mass is 19.1. The molecule has 0 radical (unpaired) electrons. The number of ether oxygens (including phenoxy) is 9. The van der Waals surface area contributed by atoms with Crippen molar-refractivity contribution >= 4 is 64.6 Å². The van der Waals surface area contributed by atoms with E-state index in [1.807, 2.05) is 6.92 Å². The van der Waals surface area contributed by atoms with E-state index in [0.717, 1.165) is 23.8 Å². The largest absolute Gasteiger partial charge is 0.486 e. The Morgan fingerprint density at radius 3 is 2.06 bits per heavy atom. The number of anilines is 1. The second-order valence-corrected chi connectivity index (χ2v) is 31.3. The van der Waals surface area contributed by atoms with E-state index in [-0.39, 0.29) is 147 Å². The molecule has 5 aliphatic carbocycles. The van der Waals surface area contributed by atoms with Gasteiger partial charge in [0.25, 0.3) is 11.8 Å². The number of carbonyl (C=O) groups is 10. The molecular weight excluding hydrogens is 1510 g/mol. The SMILES string of the molecule is CCCC1O[C@@H]2C[C@H]3[C@@H]4C[C@H](F)C5=CC(=O)C=C[C@]5(C)[C@@]4(F)[C@@H](O)C[C@]3(C)[C@]2(C(=O)COc2ccc(NC(=O)[C@H](CCCNC(N)=O)NC(=O)[C@@H](NC(=O)[C@@H](CCCCNC(=O)COC3CCCCC/C(N[C@@H]4O[C@H](CO)[C@H](O)[C@H](O)[C@H]4O)=C\3N)NC(=O)CCOCCOCCOCCOCCN3C(=O)C=CC3=O)C(C)C)cc2)O1. The third kappa shape index (κ3) is 22.1. The Bertz CT molecular complexity index is 3670. The van der Waals surface area contributed by atoms with Crippen LogP contribution in [0.2, 0.25) is 0 Å². The number of aliphatic hydroxyl groups excluding tert-OH is 5. The molecule has 2 saturated heterocycles. The molecule has 9 rings (SSSR count). The first-order valence-electron chi connectivity index (χ1n) is 40.0. The zero-order valence-corrected chi connectivity index (χ0v) is 66.0. The minimum atomic E-state index is -2.40. The van der Waals surface area contributed by atoms with Gasteiger partial charge in [-0.1, -0.05) is 53.0 Å². The summed E-state index contributed by atoms with van der Waals surface area (Å²) in [6.45, 7) is 8.46. The number of carbonyl (C=O) groups excluding carboxylic acids is 10. The number of halogens is 2. The number of aliphatic hydroxyl groups is 5. The normalized spacial score (nSPS) is 31.0. The van der Waals surface area contributed by atoms with Gasteiger partial charge in [0.05, 0.1) is 90.0 Å². The molecule has 5 fully saturated rings. The highest BCUT2D eigenvalue weighted by Crippen LogP contribution is 2.72. The summed E-state index contributed by atoms with van der Waals surface area (Å²) in [5.41, 5.74) is 5.78. The topological polar surface area (TPSA) is 494 Å². The van der Waals surface area contributed by atoms with Crippen LogP contribution in [0.4, 0.5) is 19.3 Å². The third-order valence-corrected chi connectivity index (χ3v) is 23.3. The Kier molecular flexibility index (Phi) is 33.1. The number of nitrogens with two attached hydrogens (primary N) is 2. The Labute approximate surface area is 666 Å². The van der Waals surface area contributed by atoms with Crippen LogP contribution in [0.15, 0.2) is 71.6 Å². The summed E-state index contributed by atoms with van der Waals surface area (Å²) in [5.74, 6) is -7.31. The monoisotopic (exact) mass is 1630 g/mol. The summed E-state index contributed by atoms with van der Waals surface area (Å²) in [6, 6.07) is 1.31. The summed E-state index contributed by atoms with van der Waals surface area (Å²) < 4.78 is 87.5. The van der Waals surface area contributed by atoms with Crippen molar-refractivity contribution in [3.05, 3.63) is 71.6 Å². The van der Waals surface area contributed by atoms with Gasteiger partial charge >= 0.3 is 6.03 Å². The fourth-order valence-electron chi connectivity index (χ4n) is 17.1. The fraction of sp³-hybridized carbons (Fsp3) is 0.696. The zero-order chi connectivity index (χ0) is 83.4. The van der Waals surface area contributed by atoms with Crippen LogP contribution in [0, 0.1) is 28.6 Å². The fourth-order valence-corrected chi connectivity index (χ4v) is 17.1. The molecule has 1 aromatic carbocycles. The van der Waals surface area contributed by atoms with E-state index in [9.17, 15) is 68.7 Å². The maximum atomic E-state index is 18.1. The van der Waals surface area contributed by atoms with Crippen LogP contribution in [0.3, 0.4) is 0 Å². The van der Waals surface area contributed by atoms with Crippen LogP contribution < -0.4 is 53.4 Å². The molecule has 3 saturated carbocycles. The second-order valence-electron chi connectivity index (χ2n) is 31.3. The molecule has 3 heterocycles. The number of amides is 9. The van der Waals surface area contributed by atoms with Crippen molar-refractivity contribution in [3.8, 4) is 5.75 Å². The maximum absolute atomic E-state index is 18.1. The van der Waals surface area contributed by atoms with Gasteiger partial charge in [0, 0.05) is 59.8 Å². The summed E-state index contributed by atoms with van der Waals surface area (Å²) in [6.07, 6.45) is -2.74. The molecule has 640 valence electrons. The van der Waals surface area contributed by atoms with Crippen LogP contribution >= 0.6 is 0 Å². The van der Waals surface area contributed by atoms with Crippen molar-refractivity contribution in [1.82, 2.24) is 36.8 Å². The molecule has 3 aliphatic heterocycles. The van der Waals surface area contributed by atoms with Crippen LogP contribution in [0.1, 0.15) is 137 Å². The van der Waals surface area contributed by atoms with Crippen molar-refractivity contribution in [2.75, 3.05) is 97.6 Å². The number of unbranched alkanes of at least 4 members (excludes halogenated alkanes) is 1. The average Bonchev–Trinajstić information content (AvgIpc) is 1.56. The number of nitrogens with one attached hydrogen (secondary N) is 7. The number of allylic oxidation sites excluding steroid dienone is 5. The number of nitrogens with zero attached hydrogens (tertiary/aromatic N) is 1. The first kappa shape index (κ1) is 90.9. The molecule has 2 unspecified atom stereocenters. The van der Waals surface area contributed by atoms with E-state index < -0.39 is 198 Å². The van der Waals surface area contributed by atoms with Crippen molar-refractivity contribution in [1.29, 1.82) is 0 Å². The number of imide groups is 1. The van der Waals surface area contributed by atoms with Gasteiger partial charge in [-0.25, -0.2) is 13.6 Å². The standard InChI is InChI=1S/C79H116F2N10O24/c1-6-13-65-114-60-40-49-50-39-52(80)51-38-47(93)24-26-76(51,4)78(50,81)58(94)41-77(49,5)79(60,115-65)59(95)43-111-48-20-18-46(19-21-48)86-71(103)55(16-12-28-85-75(83)106)88-73(105)67(45(2)3)90-72(104)54(87-61(96)25-30-107-32-34-109-36-37-110-35-33-108-31-29-91-63(98)22-23-64(91)99)15-10-11-27-84-62(97)44-112-56-17-9-7-8-14-53(66(56)82)89-74-70(102)69(101)68(100)57(42-92)113-74/h18-24,26,38,45,49-50,52,54-58,60,65,67-70,74,89,92,94,100-102H,6-17,25,27-37,39-44,82H2,1-5H3,(H,84,97)(H,86,103)(H,87,96)(H,88,105)(H,90,104)(H3,83,85,106)/b66-53-/t49-,50-,52-,54+,55-,56?,57+,58-,60+,65?,67-,68-,69-,70+,74+,76-,77-,78-,79+/m0/s1. The van der Waals surface area contributed by atoms with Crippen LogP contribution in [-0.4, -0.2) is 273 Å². The van der Waals surface area contributed by atoms with Gasteiger partial charge in [0.15, 0.2) is 29.6 Å². The second kappa shape index (κ2) is 41.9. The van der Waals surface area contributed by atoms with Crippen molar-refractivity contribution in [2.24, 2.45) is 40.1 Å². The number of hydrogen-bond donors (Lipinski definition) is 14. The molecule has 16 N–H and O–H groups in total. The average molecular weight is 1630 g/mol. The van der Waals surface area contributed by atoms with E-state index >= 15 is 13.6 Å². The van der Waals surface area contributed by atoms with Crippen molar-refractivity contribution in [3.63, 3.8) is 0 Å². The van der Waals surface area contributed by atoms with Gasteiger partial charge in [-0.2, -0.15) is 0 Å². The van der Waals surface area contributed by atoms with E-state index in [0.29, 0.717) is 44.2 Å². The number of primary amides is 1. The minimum absolute atomic E-state index is 0.0182. The first-order chi connectivity index (χ1) is 54.9. The Balaban J connectivity index is 0.793. The molecule has 0 aromatic heterocycles. The molecular formula is C79H116F2N10O24. The van der Waals surface area contributed by atoms with Gasteiger partial charge in [-0.3, -0.25) is 48.1 Å². The number of hydrogen-bond acceptors (Lipinski definition) is 26. The Morgan fingerprint density at radius 2 is 1.39 bits per heavy atom. The van der Waals surface area contributed by atoms with Crippen LogP contribution in [0.5, 0.6) is 5.75 Å². The number of rotatable bonds is 44. The van der Waals surface area contributed by atoms with E-state index in [1.54, 1.807) is 20.8 Å². The van der Waals surface area contributed by atoms with Gasteiger partial charge < -0.3 is 117 Å². The van der Waals surface area contributed by atoms with Crippen LogP contribution in [0.25, 0.3) is 0 Å². The number of benzene rings is 1. The lowest BCUT2D eigenvalue weighted by atomic mass is 9.44. The van der Waals surface area contributed by atoms with Gasteiger partial charge in [0.1, 0.15) is 67.7 Å². The van der Waals surface area contributed by atoms with E-state index in [4.69, 9.17) is 54.1 Å². The lowest BCUT2D eigenvalue weighted by Crippen LogP contribution is -2.71. The summed E-state index contributed by atoms with van der Waals surface area (Å²) >= 11 is 0. The lowest BCUT2D eigenvalue weighted by Gasteiger charge is -2.63. The van der Waals surface area contributed by atoms with Gasteiger partial charge in [0.2, 0.25) is 35.3 Å². The minimum Gasteiger partial charge on any atom is -0.486 e. The van der Waals surface area contributed by atoms with Crippen LogP contribution in [-0.2, 0) is 81.0 Å². The molecule has 9 amide bonds. The molecule has 0 spiro atoms. The molecule has 36 heteroatoms. The summed E-state index contributed by atoms with van der Waals surface area (Å²) in [7, 11) is 0. The van der Waals surface area contributed by atoms with Gasteiger partial charge in [-0.15, -0.1) is 0 Å². The number of fused-ring (bicyclic) bond motifs is 7. The number of urea groups is 1. The third-order valence-electron chi connectivity index (χ3n) is 23.3. The summed E-state index contributed by atoms with van der Waals surface area (Å²) in [5, 5.41) is 72.5. The molecule has 1 aromatic rings. The zero-order valence-electron chi connectivity index (χ0n) is 66.0. The molecule has 34 nitrogen and oxygen atoms in total. The molecule has 0 bridgehead atoms. The predicted molar refractivity (Wildman–Crippen MR) is 406 cm³/mol. The number of alkyl halides is 2. The number of Topliss-reactive ketones (excluding diaryl/α,β-unsaturated/α-hetero) is 1. The quantitative estimate of drug-likeness (QED) is 0.0319. The molecule has 8 aliphatic rings. The van der Waals surface area contributed by atoms with Crippen molar-refractivity contribution in [2.45, 2.75) is 228 Å². The summed E-state index contributed by atoms with van der Waals surface area (Å²) in [4.78, 5) is 134. The Morgan fingerprint density at radius 1 is 0.730 bits per heavy atom. The highest BCUT2D eigenvalue weighted by Gasteiger charge is 2.80.